The van der Waals surface area contributed by atoms with Crippen molar-refractivity contribution in [2.45, 2.75) is 45.2 Å². The zero-order valence-corrected chi connectivity index (χ0v) is 14.2. The number of benzene rings is 1. The minimum absolute atomic E-state index is 0.145. The summed E-state index contributed by atoms with van der Waals surface area (Å²) in [5.74, 6) is -0.216. The second kappa shape index (κ2) is 7.59. The predicted molar refractivity (Wildman–Crippen MR) is 93.5 cm³/mol. The van der Waals surface area contributed by atoms with Crippen LogP contribution in [0.5, 0.6) is 0 Å². The molecule has 1 fully saturated rings. The van der Waals surface area contributed by atoms with Gasteiger partial charge in [-0.3, -0.25) is 9.59 Å². The minimum Gasteiger partial charge on any atom is -0.351 e. The summed E-state index contributed by atoms with van der Waals surface area (Å²) in [6.45, 7) is 1.97. The van der Waals surface area contributed by atoms with Gasteiger partial charge in [-0.05, 0) is 37.0 Å². The quantitative estimate of drug-likeness (QED) is 0.928. The molecule has 0 unspecified atom stereocenters. The molecular weight excluding hydrogens is 321 g/mol. The minimum atomic E-state index is -0.416. The van der Waals surface area contributed by atoms with E-state index >= 15 is 0 Å². The number of halogens is 1. The van der Waals surface area contributed by atoms with Crippen molar-refractivity contribution < 1.29 is 9.18 Å². The fraction of sp³-hybridized carbons (Fsp3) is 0.421. The number of nitrogens with one attached hydrogen (secondary N) is 1. The fourth-order valence-electron chi connectivity index (χ4n) is 3.29. The number of nitrogens with zero attached hydrogens (tertiary/aromatic N) is 2. The zero-order chi connectivity index (χ0) is 17.8. The Morgan fingerprint density at radius 1 is 1.24 bits per heavy atom. The molecule has 0 radical (unpaired) electrons. The Morgan fingerprint density at radius 3 is 2.76 bits per heavy atom. The van der Waals surface area contributed by atoms with Crippen LogP contribution < -0.4 is 10.9 Å². The highest BCUT2D eigenvalue weighted by molar-refractivity contribution is 5.76. The van der Waals surface area contributed by atoms with Crippen molar-refractivity contribution in [1.82, 2.24) is 15.1 Å². The summed E-state index contributed by atoms with van der Waals surface area (Å²) >= 11 is 0. The molecule has 1 N–H and O–H groups in total. The summed E-state index contributed by atoms with van der Waals surface area (Å²) in [7, 11) is 0. The molecule has 6 heteroatoms. The molecule has 5 nitrogen and oxygen atoms in total. The summed E-state index contributed by atoms with van der Waals surface area (Å²) in [5, 5.41) is 7.16. The molecular formula is C19H22FN3O2. The van der Waals surface area contributed by atoms with Crippen molar-refractivity contribution in [3.05, 3.63) is 52.6 Å². The van der Waals surface area contributed by atoms with E-state index in [-0.39, 0.29) is 24.1 Å². The van der Waals surface area contributed by atoms with E-state index in [1.165, 1.54) is 24.6 Å². The SMILES string of the molecule is C[C@H]1CCCC[C@H]1NC(=O)Cn1nc(-c2ccccc2F)ccc1=O. The van der Waals surface area contributed by atoms with Crippen LogP contribution in [0, 0.1) is 11.7 Å². The molecule has 0 saturated heterocycles. The largest absolute Gasteiger partial charge is 0.351 e. The van der Waals surface area contributed by atoms with Crippen molar-refractivity contribution in [3.8, 4) is 11.3 Å². The normalized spacial score (nSPS) is 20.2. The first-order chi connectivity index (χ1) is 12.0. The molecule has 1 aliphatic rings. The van der Waals surface area contributed by atoms with Crippen LogP contribution in [0.1, 0.15) is 32.6 Å². The standard InChI is InChI=1S/C19H22FN3O2/c1-13-6-2-5-9-16(13)21-18(24)12-23-19(25)11-10-17(22-23)14-7-3-4-8-15(14)20/h3-4,7-8,10-11,13,16H,2,5-6,9,12H2,1H3,(H,21,24)/t13-,16+/m0/s1. The summed E-state index contributed by atoms with van der Waals surface area (Å²) in [5.41, 5.74) is 0.251. The lowest BCUT2D eigenvalue weighted by Gasteiger charge is -2.29. The number of carbonyl (C=O) groups is 1. The smallest absolute Gasteiger partial charge is 0.267 e. The van der Waals surface area contributed by atoms with Crippen molar-refractivity contribution >= 4 is 5.91 Å². The lowest BCUT2D eigenvalue weighted by molar-refractivity contribution is -0.123. The number of amides is 1. The maximum absolute atomic E-state index is 13.9. The van der Waals surface area contributed by atoms with Crippen LogP contribution in [-0.2, 0) is 11.3 Å². The topological polar surface area (TPSA) is 64.0 Å². The monoisotopic (exact) mass is 343 g/mol. The van der Waals surface area contributed by atoms with E-state index in [0.717, 1.165) is 23.9 Å². The maximum Gasteiger partial charge on any atom is 0.267 e. The Hall–Kier alpha value is -2.50. The van der Waals surface area contributed by atoms with Crippen LogP contribution in [-0.4, -0.2) is 21.7 Å². The number of carbonyl (C=O) groups excluding carboxylic acids is 1. The average Bonchev–Trinajstić information content (AvgIpc) is 2.59. The van der Waals surface area contributed by atoms with E-state index in [1.54, 1.807) is 18.2 Å². The second-order valence-corrected chi connectivity index (χ2v) is 6.63. The van der Waals surface area contributed by atoms with Gasteiger partial charge in [0.2, 0.25) is 5.91 Å². The van der Waals surface area contributed by atoms with Gasteiger partial charge in [-0.25, -0.2) is 9.07 Å². The fourth-order valence-corrected chi connectivity index (χ4v) is 3.29. The van der Waals surface area contributed by atoms with Crippen LogP contribution in [0.3, 0.4) is 0 Å². The van der Waals surface area contributed by atoms with Crippen LogP contribution in [0.4, 0.5) is 4.39 Å². The molecule has 1 aromatic carbocycles. The lowest BCUT2D eigenvalue weighted by atomic mass is 9.86. The summed E-state index contributed by atoms with van der Waals surface area (Å²) in [4.78, 5) is 24.3. The van der Waals surface area contributed by atoms with Gasteiger partial charge in [0.15, 0.2) is 0 Å². The molecule has 2 aromatic rings. The molecule has 25 heavy (non-hydrogen) atoms. The number of hydrogen-bond acceptors (Lipinski definition) is 3. The Balaban J connectivity index is 1.76. The Kier molecular flexibility index (Phi) is 5.26. The summed E-state index contributed by atoms with van der Waals surface area (Å²) in [6.07, 6.45) is 4.37. The summed E-state index contributed by atoms with van der Waals surface area (Å²) < 4.78 is 15.0. The van der Waals surface area contributed by atoms with Crippen LogP contribution >= 0.6 is 0 Å². The van der Waals surface area contributed by atoms with E-state index in [0.29, 0.717) is 17.2 Å². The first-order valence-corrected chi connectivity index (χ1v) is 8.67. The van der Waals surface area contributed by atoms with Gasteiger partial charge in [0.1, 0.15) is 12.4 Å². The van der Waals surface area contributed by atoms with Gasteiger partial charge < -0.3 is 5.32 Å². The van der Waals surface area contributed by atoms with E-state index in [9.17, 15) is 14.0 Å². The first kappa shape index (κ1) is 17.3. The Morgan fingerprint density at radius 2 is 2.00 bits per heavy atom. The van der Waals surface area contributed by atoms with Gasteiger partial charge in [-0.1, -0.05) is 31.9 Å². The molecule has 0 spiro atoms. The van der Waals surface area contributed by atoms with Crippen LogP contribution in [0.15, 0.2) is 41.2 Å². The second-order valence-electron chi connectivity index (χ2n) is 6.63. The highest BCUT2D eigenvalue weighted by atomic mass is 19.1. The number of aromatic nitrogens is 2. The van der Waals surface area contributed by atoms with Gasteiger partial charge in [-0.2, -0.15) is 5.10 Å². The van der Waals surface area contributed by atoms with E-state index in [1.807, 2.05) is 0 Å². The van der Waals surface area contributed by atoms with Crippen molar-refractivity contribution in [3.63, 3.8) is 0 Å². The molecule has 2 atom stereocenters. The molecule has 132 valence electrons. The summed E-state index contributed by atoms with van der Waals surface area (Å²) in [6, 6.07) is 9.15. The van der Waals surface area contributed by atoms with Crippen molar-refractivity contribution in [2.75, 3.05) is 0 Å². The lowest BCUT2D eigenvalue weighted by Crippen LogP contribution is -2.43. The number of rotatable bonds is 4. The molecule has 1 aliphatic carbocycles. The number of hydrogen-bond donors (Lipinski definition) is 1. The third kappa shape index (κ3) is 4.13. The Labute approximate surface area is 145 Å². The molecule has 3 rings (SSSR count). The Bertz CT molecular complexity index is 818. The molecule has 1 amide bonds. The van der Waals surface area contributed by atoms with Gasteiger partial charge in [0, 0.05) is 17.7 Å². The van der Waals surface area contributed by atoms with E-state index in [2.05, 4.69) is 17.3 Å². The molecule has 0 aliphatic heterocycles. The highest BCUT2D eigenvalue weighted by Crippen LogP contribution is 2.23. The van der Waals surface area contributed by atoms with Gasteiger partial charge in [0.25, 0.3) is 5.56 Å². The van der Waals surface area contributed by atoms with Gasteiger partial charge >= 0.3 is 0 Å². The maximum atomic E-state index is 13.9. The average molecular weight is 343 g/mol. The van der Waals surface area contributed by atoms with Gasteiger partial charge in [-0.15, -0.1) is 0 Å². The van der Waals surface area contributed by atoms with Crippen LogP contribution in [0.2, 0.25) is 0 Å². The predicted octanol–water partition coefficient (Wildman–Crippen LogP) is 2.74. The first-order valence-electron chi connectivity index (χ1n) is 8.67. The van der Waals surface area contributed by atoms with Crippen molar-refractivity contribution in [2.24, 2.45) is 5.92 Å². The van der Waals surface area contributed by atoms with Crippen LogP contribution in [0.25, 0.3) is 11.3 Å². The highest BCUT2D eigenvalue weighted by Gasteiger charge is 2.23. The van der Waals surface area contributed by atoms with Gasteiger partial charge in [0.05, 0.1) is 5.69 Å². The molecule has 1 heterocycles. The van der Waals surface area contributed by atoms with E-state index < -0.39 is 5.82 Å². The molecule has 0 bridgehead atoms. The third-order valence-corrected chi connectivity index (χ3v) is 4.77. The molecule has 1 aromatic heterocycles. The van der Waals surface area contributed by atoms with Crippen molar-refractivity contribution in [1.29, 1.82) is 0 Å². The molecule has 1 saturated carbocycles. The zero-order valence-electron chi connectivity index (χ0n) is 14.2. The van der Waals surface area contributed by atoms with E-state index in [4.69, 9.17) is 0 Å². The third-order valence-electron chi connectivity index (χ3n) is 4.77.